The molecule has 1 amide bonds. The molecule has 5 heteroatoms. The molecule has 1 atom stereocenters. The molecule has 2 saturated heterocycles. The Hall–Kier alpha value is -2.01. The summed E-state index contributed by atoms with van der Waals surface area (Å²) in [4.78, 5) is 20.7. The third-order valence-corrected chi connectivity index (χ3v) is 5.39. The summed E-state index contributed by atoms with van der Waals surface area (Å²) in [6.45, 7) is 4.19. The molecule has 0 bridgehead atoms. The Kier molecular flexibility index (Phi) is 4.19. The highest BCUT2D eigenvalue weighted by Gasteiger charge is 2.31. The number of aromatic hydroxyl groups is 1. The number of benzene rings is 1. The van der Waals surface area contributed by atoms with Crippen molar-refractivity contribution < 1.29 is 9.90 Å². The van der Waals surface area contributed by atoms with Crippen molar-refractivity contribution in [1.29, 1.82) is 0 Å². The van der Waals surface area contributed by atoms with Crippen molar-refractivity contribution in [2.45, 2.75) is 38.1 Å². The van der Waals surface area contributed by atoms with Crippen LogP contribution in [-0.4, -0.2) is 58.0 Å². The van der Waals surface area contributed by atoms with Crippen molar-refractivity contribution in [2.75, 3.05) is 26.2 Å². The summed E-state index contributed by atoms with van der Waals surface area (Å²) in [5.74, 6) is 0.303. The van der Waals surface area contributed by atoms with Crippen molar-refractivity contribution in [3.63, 3.8) is 0 Å². The zero-order valence-electron chi connectivity index (χ0n) is 14.0. The van der Waals surface area contributed by atoms with Crippen LogP contribution < -0.4 is 0 Å². The number of likely N-dealkylation sites (tertiary alicyclic amines) is 2. The number of phenolic OH excluding ortho intramolecular Hbond substituents is 1. The maximum atomic E-state index is 13.0. The maximum Gasteiger partial charge on any atom is 0.270 e. The molecule has 5 nitrogen and oxygen atoms in total. The predicted molar refractivity (Wildman–Crippen MR) is 94.3 cm³/mol. The molecule has 1 aromatic heterocycles. The largest absolute Gasteiger partial charge is 0.508 e. The van der Waals surface area contributed by atoms with Gasteiger partial charge in [-0.3, -0.25) is 4.79 Å². The van der Waals surface area contributed by atoms with E-state index in [1.165, 1.54) is 32.4 Å². The number of piperidine rings is 1. The molecule has 2 aliphatic rings. The fourth-order valence-electron chi connectivity index (χ4n) is 4.12. The van der Waals surface area contributed by atoms with E-state index in [1.807, 2.05) is 17.0 Å². The van der Waals surface area contributed by atoms with Gasteiger partial charge in [0, 0.05) is 36.1 Å². The number of nitrogens with zero attached hydrogens (tertiary/aromatic N) is 2. The number of aromatic nitrogens is 1. The van der Waals surface area contributed by atoms with Crippen molar-refractivity contribution >= 4 is 16.8 Å². The van der Waals surface area contributed by atoms with E-state index < -0.39 is 0 Å². The van der Waals surface area contributed by atoms with Gasteiger partial charge in [0.05, 0.1) is 0 Å². The second-order valence-corrected chi connectivity index (χ2v) is 7.11. The second-order valence-electron chi connectivity index (χ2n) is 7.11. The number of phenols is 1. The van der Waals surface area contributed by atoms with E-state index in [-0.39, 0.29) is 11.7 Å². The van der Waals surface area contributed by atoms with Crippen molar-refractivity contribution in [1.82, 2.24) is 14.8 Å². The van der Waals surface area contributed by atoms with Crippen molar-refractivity contribution in [3.05, 3.63) is 30.0 Å². The minimum atomic E-state index is 0.0881. The molecule has 0 saturated carbocycles. The minimum absolute atomic E-state index is 0.0881. The van der Waals surface area contributed by atoms with Gasteiger partial charge in [-0.1, -0.05) is 6.42 Å². The SMILES string of the molecule is O=C(c1cc2ccc(O)cc2[nH]1)N1CCCC1CN1CCCCC1. The van der Waals surface area contributed by atoms with Crippen molar-refractivity contribution in [2.24, 2.45) is 0 Å². The van der Waals surface area contributed by atoms with Gasteiger partial charge in [-0.2, -0.15) is 0 Å². The summed E-state index contributed by atoms with van der Waals surface area (Å²) in [6, 6.07) is 7.39. The smallest absolute Gasteiger partial charge is 0.270 e. The fourth-order valence-corrected chi connectivity index (χ4v) is 4.12. The Morgan fingerprint density at radius 2 is 1.96 bits per heavy atom. The first kappa shape index (κ1) is 15.5. The lowest BCUT2D eigenvalue weighted by molar-refractivity contribution is 0.0685. The molecule has 2 aliphatic heterocycles. The Morgan fingerprint density at radius 1 is 1.12 bits per heavy atom. The van der Waals surface area contributed by atoms with Crippen LogP contribution in [0, 0.1) is 0 Å². The number of amides is 1. The van der Waals surface area contributed by atoms with Gasteiger partial charge in [-0.25, -0.2) is 0 Å². The molecule has 1 unspecified atom stereocenters. The van der Waals surface area contributed by atoms with E-state index in [9.17, 15) is 9.90 Å². The van der Waals surface area contributed by atoms with Gasteiger partial charge in [0.2, 0.25) is 0 Å². The molecule has 2 aromatic rings. The zero-order valence-corrected chi connectivity index (χ0v) is 14.0. The van der Waals surface area contributed by atoms with Crippen LogP contribution in [0.2, 0.25) is 0 Å². The molecule has 0 aliphatic carbocycles. The number of hydrogen-bond donors (Lipinski definition) is 2. The highest BCUT2D eigenvalue weighted by Crippen LogP contribution is 2.25. The summed E-state index contributed by atoms with van der Waals surface area (Å²) in [6.07, 6.45) is 6.10. The lowest BCUT2D eigenvalue weighted by Gasteiger charge is -2.32. The molecule has 0 radical (unpaired) electrons. The summed E-state index contributed by atoms with van der Waals surface area (Å²) in [7, 11) is 0. The Morgan fingerprint density at radius 3 is 2.79 bits per heavy atom. The van der Waals surface area contributed by atoms with Crippen LogP contribution in [0.4, 0.5) is 0 Å². The standard InChI is InChI=1S/C19H25N3O2/c23-16-7-6-14-11-18(20-17(14)12-16)19(24)22-10-4-5-15(22)13-21-8-2-1-3-9-21/h6-7,11-12,15,20,23H,1-5,8-10,13H2. The zero-order chi connectivity index (χ0) is 16.5. The fraction of sp³-hybridized carbons (Fsp3) is 0.526. The summed E-state index contributed by atoms with van der Waals surface area (Å²) < 4.78 is 0. The van der Waals surface area contributed by atoms with Gasteiger partial charge < -0.3 is 19.9 Å². The van der Waals surface area contributed by atoms with Crippen LogP contribution in [0.15, 0.2) is 24.3 Å². The molecular formula is C19H25N3O2. The molecule has 128 valence electrons. The Balaban J connectivity index is 1.50. The minimum Gasteiger partial charge on any atom is -0.508 e. The van der Waals surface area contributed by atoms with E-state index in [4.69, 9.17) is 0 Å². The Bertz CT molecular complexity index is 733. The molecular weight excluding hydrogens is 302 g/mol. The highest BCUT2D eigenvalue weighted by molar-refractivity contribution is 5.98. The first-order chi connectivity index (χ1) is 11.7. The molecule has 24 heavy (non-hydrogen) atoms. The average molecular weight is 327 g/mol. The van der Waals surface area contributed by atoms with E-state index >= 15 is 0 Å². The van der Waals surface area contributed by atoms with Crippen LogP contribution in [0.25, 0.3) is 10.9 Å². The van der Waals surface area contributed by atoms with Crippen LogP contribution in [-0.2, 0) is 0 Å². The first-order valence-electron chi connectivity index (χ1n) is 9.06. The van der Waals surface area contributed by atoms with Gasteiger partial charge in [-0.05, 0) is 57.0 Å². The number of carbonyl (C=O) groups is 1. The van der Waals surface area contributed by atoms with E-state index in [2.05, 4.69) is 9.88 Å². The van der Waals surface area contributed by atoms with Gasteiger partial charge in [-0.15, -0.1) is 0 Å². The lowest BCUT2D eigenvalue weighted by atomic mass is 10.1. The van der Waals surface area contributed by atoms with Gasteiger partial charge >= 0.3 is 0 Å². The third kappa shape index (κ3) is 3.00. The van der Waals surface area contributed by atoms with E-state index in [0.717, 1.165) is 36.8 Å². The van der Waals surface area contributed by atoms with Gasteiger partial charge in [0.15, 0.2) is 0 Å². The van der Waals surface area contributed by atoms with E-state index in [1.54, 1.807) is 12.1 Å². The summed E-state index contributed by atoms with van der Waals surface area (Å²) in [5, 5.41) is 10.6. The van der Waals surface area contributed by atoms with Crippen LogP contribution >= 0.6 is 0 Å². The first-order valence-corrected chi connectivity index (χ1v) is 9.06. The monoisotopic (exact) mass is 327 g/mol. The maximum absolute atomic E-state index is 13.0. The number of carbonyl (C=O) groups excluding carboxylic acids is 1. The highest BCUT2D eigenvalue weighted by atomic mass is 16.3. The van der Waals surface area contributed by atoms with Crippen molar-refractivity contribution in [3.8, 4) is 5.75 Å². The number of hydrogen-bond acceptors (Lipinski definition) is 3. The van der Waals surface area contributed by atoms with Gasteiger partial charge in [0.25, 0.3) is 5.91 Å². The number of aromatic amines is 1. The Labute approximate surface area is 142 Å². The van der Waals surface area contributed by atoms with Crippen LogP contribution in [0.3, 0.4) is 0 Å². The quantitative estimate of drug-likeness (QED) is 0.911. The molecule has 0 spiro atoms. The molecule has 4 rings (SSSR count). The summed E-state index contributed by atoms with van der Waals surface area (Å²) in [5.41, 5.74) is 1.44. The lowest BCUT2D eigenvalue weighted by Crippen LogP contribution is -2.44. The summed E-state index contributed by atoms with van der Waals surface area (Å²) >= 11 is 0. The number of fused-ring (bicyclic) bond motifs is 1. The van der Waals surface area contributed by atoms with Crippen LogP contribution in [0.5, 0.6) is 5.75 Å². The topological polar surface area (TPSA) is 59.6 Å². The van der Waals surface area contributed by atoms with Gasteiger partial charge in [0.1, 0.15) is 11.4 Å². The number of H-pyrrole nitrogens is 1. The predicted octanol–water partition coefficient (Wildman–Crippen LogP) is 2.96. The third-order valence-electron chi connectivity index (χ3n) is 5.39. The molecule has 3 heterocycles. The molecule has 1 aromatic carbocycles. The normalized spacial score (nSPS) is 22.3. The molecule has 2 fully saturated rings. The average Bonchev–Trinajstić information content (AvgIpc) is 3.21. The molecule has 2 N–H and O–H groups in total. The number of rotatable bonds is 3. The number of nitrogens with one attached hydrogen (secondary N) is 1. The van der Waals surface area contributed by atoms with Crippen LogP contribution in [0.1, 0.15) is 42.6 Å². The second kappa shape index (κ2) is 6.48. The van der Waals surface area contributed by atoms with E-state index in [0.29, 0.717) is 11.7 Å².